The number of para-hydroxylation sites is 1. The van der Waals surface area contributed by atoms with Crippen LogP contribution in [0, 0.1) is 5.82 Å². The molecule has 0 aliphatic rings. The quantitative estimate of drug-likeness (QED) is 0.805. The van der Waals surface area contributed by atoms with Gasteiger partial charge in [0.25, 0.3) is 11.7 Å². The SMILES string of the molecule is CN(CC(=O)Nc1ccc(F)cc1)c1ccc2ccccc2[nH+]1. The number of H-pyrrole nitrogens is 1. The van der Waals surface area contributed by atoms with Crippen LogP contribution in [0.4, 0.5) is 15.9 Å². The Balaban J connectivity index is 1.68. The minimum absolute atomic E-state index is 0.166. The lowest BCUT2D eigenvalue weighted by molar-refractivity contribution is -0.330. The van der Waals surface area contributed by atoms with Crippen molar-refractivity contribution in [2.45, 2.75) is 0 Å². The van der Waals surface area contributed by atoms with E-state index < -0.39 is 0 Å². The molecule has 0 unspecified atom stereocenters. The highest BCUT2D eigenvalue weighted by atomic mass is 19.1. The molecule has 0 atom stereocenters. The van der Waals surface area contributed by atoms with Crippen molar-refractivity contribution in [3.05, 3.63) is 66.5 Å². The molecule has 0 spiro atoms. The minimum Gasteiger partial charge on any atom is -0.323 e. The molecule has 4 nitrogen and oxygen atoms in total. The summed E-state index contributed by atoms with van der Waals surface area (Å²) in [6.45, 7) is 0.187. The van der Waals surface area contributed by atoms with Gasteiger partial charge in [0.15, 0.2) is 6.54 Å². The first-order chi connectivity index (χ1) is 11.1. The third kappa shape index (κ3) is 3.63. The smallest absolute Gasteiger partial charge is 0.275 e. The van der Waals surface area contributed by atoms with Crippen LogP contribution in [0.2, 0.25) is 0 Å². The molecule has 2 aromatic carbocycles. The average molecular weight is 310 g/mol. The second kappa shape index (κ2) is 6.44. The molecule has 1 heterocycles. The summed E-state index contributed by atoms with van der Waals surface area (Å²) in [5.41, 5.74) is 1.59. The van der Waals surface area contributed by atoms with Crippen LogP contribution in [0.15, 0.2) is 60.7 Å². The number of carbonyl (C=O) groups is 1. The molecule has 2 N–H and O–H groups in total. The predicted octanol–water partition coefficient (Wildman–Crippen LogP) is 2.87. The number of benzene rings is 2. The fourth-order valence-electron chi connectivity index (χ4n) is 2.36. The Morgan fingerprint density at radius 2 is 1.83 bits per heavy atom. The molecule has 3 rings (SSSR count). The van der Waals surface area contributed by atoms with Crippen molar-refractivity contribution >= 4 is 28.3 Å². The van der Waals surface area contributed by atoms with E-state index in [2.05, 4.69) is 10.3 Å². The van der Waals surface area contributed by atoms with E-state index in [9.17, 15) is 9.18 Å². The number of halogens is 1. The van der Waals surface area contributed by atoms with Crippen LogP contribution in [0.3, 0.4) is 0 Å². The summed E-state index contributed by atoms with van der Waals surface area (Å²) >= 11 is 0. The molecule has 116 valence electrons. The fourth-order valence-corrected chi connectivity index (χ4v) is 2.36. The summed E-state index contributed by atoms with van der Waals surface area (Å²) in [5.74, 6) is 0.351. The lowest BCUT2D eigenvalue weighted by atomic mass is 10.2. The predicted molar refractivity (Wildman–Crippen MR) is 88.8 cm³/mol. The van der Waals surface area contributed by atoms with Gasteiger partial charge in [-0.3, -0.25) is 9.69 Å². The molecule has 0 radical (unpaired) electrons. The monoisotopic (exact) mass is 310 g/mol. The number of likely N-dealkylation sites (N-methyl/N-ethyl adjacent to an activating group) is 1. The molecule has 0 saturated carbocycles. The third-order valence-corrected chi connectivity index (χ3v) is 3.56. The first-order valence-electron chi connectivity index (χ1n) is 7.29. The van der Waals surface area contributed by atoms with E-state index in [0.29, 0.717) is 5.69 Å². The Morgan fingerprint density at radius 1 is 1.09 bits per heavy atom. The highest BCUT2D eigenvalue weighted by Crippen LogP contribution is 2.13. The van der Waals surface area contributed by atoms with Crippen LogP contribution in [-0.4, -0.2) is 19.5 Å². The van der Waals surface area contributed by atoms with Crippen LogP contribution in [0.1, 0.15) is 0 Å². The van der Waals surface area contributed by atoms with Crippen molar-refractivity contribution in [3.63, 3.8) is 0 Å². The van der Waals surface area contributed by atoms with Gasteiger partial charge in [-0.05, 0) is 36.4 Å². The number of carbonyl (C=O) groups excluding carboxylic acids is 1. The number of pyridine rings is 1. The first-order valence-corrected chi connectivity index (χ1v) is 7.29. The molecule has 3 aromatic rings. The van der Waals surface area contributed by atoms with E-state index in [0.717, 1.165) is 16.7 Å². The number of fused-ring (bicyclic) bond motifs is 1. The van der Waals surface area contributed by atoms with Crippen LogP contribution < -0.4 is 15.2 Å². The molecular formula is C18H17FN3O+. The number of hydrogen-bond acceptors (Lipinski definition) is 2. The Labute approximate surface area is 133 Å². The van der Waals surface area contributed by atoms with Crippen molar-refractivity contribution < 1.29 is 14.2 Å². The maximum absolute atomic E-state index is 12.9. The van der Waals surface area contributed by atoms with E-state index in [1.54, 1.807) is 0 Å². The second-order valence-electron chi connectivity index (χ2n) is 5.34. The number of amides is 1. The molecule has 1 amide bonds. The summed E-state index contributed by atoms with van der Waals surface area (Å²) in [6.07, 6.45) is 0. The van der Waals surface area contributed by atoms with Crippen molar-refractivity contribution in [1.29, 1.82) is 0 Å². The van der Waals surface area contributed by atoms with Gasteiger partial charge in [-0.2, -0.15) is 0 Å². The van der Waals surface area contributed by atoms with Crippen LogP contribution in [0.25, 0.3) is 10.9 Å². The third-order valence-electron chi connectivity index (χ3n) is 3.56. The fraction of sp³-hybridized carbons (Fsp3) is 0.111. The van der Waals surface area contributed by atoms with E-state index in [1.807, 2.05) is 48.3 Å². The number of anilines is 2. The largest absolute Gasteiger partial charge is 0.323 e. The zero-order chi connectivity index (χ0) is 16.2. The number of rotatable bonds is 4. The summed E-state index contributed by atoms with van der Waals surface area (Å²) < 4.78 is 12.9. The molecule has 0 aliphatic carbocycles. The normalized spacial score (nSPS) is 10.5. The lowest BCUT2D eigenvalue weighted by Crippen LogP contribution is -2.33. The van der Waals surface area contributed by atoms with E-state index in [4.69, 9.17) is 0 Å². The second-order valence-corrected chi connectivity index (χ2v) is 5.34. The lowest BCUT2D eigenvalue weighted by Gasteiger charge is -2.11. The van der Waals surface area contributed by atoms with E-state index in [-0.39, 0.29) is 18.3 Å². The number of nitrogens with one attached hydrogen (secondary N) is 2. The molecule has 5 heteroatoms. The van der Waals surface area contributed by atoms with Crippen molar-refractivity contribution in [2.24, 2.45) is 0 Å². The zero-order valence-electron chi connectivity index (χ0n) is 12.7. The van der Waals surface area contributed by atoms with Gasteiger partial charge in [0.2, 0.25) is 0 Å². The molecule has 0 bridgehead atoms. The van der Waals surface area contributed by atoms with Crippen molar-refractivity contribution in [1.82, 2.24) is 0 Å². The highest BCUT2D eigenvalue weighted by Gasteiger charge is 2.15. The van der Waals surface area contributed by atoms with Crippen molar-refractivity contribution in [2.75, 3.05) is 23.8 Å². The highest BCUT2D eigenvalue weighted by molar-refractivity contribution is 5.93. The Hall–Kier alpha value is -2.95. The molecule has 0 saturated heterocycles. The van der Waals surface area contributed by atoms with Gasteiger partial charge in [0.1, 0.15) is 11.3 Å². The van der Waals surface area contributed by atoms with Gasteiger partial charge in [0, 0.05) is 17.1 Å². The van der Waals surface area contributed by atoms with Gasteiger partial charge in [-0.25, -0.2) is 9.37 Å². The van der Waals surface area contributed by atoms with Gasteiger partial charge < -0.3 is 5.32 Å². The standard InChI is InChI=1S/C18H16FN3O/c1-22(12-18(23)20-15-9-7-14(19)8-10-15)17-11-6-13-4-2-3-5-16(13)21-17/h2-11H,12H2,1H3,(H,20,23)/p+1. The van der Waals surface area contributed by atoms with Crippen molar-refractivity contribution in [3.8, 4) is 0 Å². The molecule has 0 fully saturated rings. The van der Waals surface area contributed by atoms with E-state index in [1.165, 1.54) is 24.3 Å². The van der Waals surface area contributed by atoms with Gasteiger partial charge in [-0.15, -0.1) is 0 Å². The Bertz CT molecular complexity index is 833. The maximum Gasteiger partial charge on any atom is 0.275 e. The Kier molecular flexibility index (Phi) is 4.19. The van der Waals surface area contributed by atoms with Crippen LogP contribution in [-0.2, 0) is 4.79 Å². The molecular weight excluding hydrogens is 293 g/mol. The Morgan fingerprint density at radius 3 is 2.61 bits per heavy atom. The minimum atomic E-state index is -0.328. The summed E-state index contributed by atoms with van der Waals surface area (Å²) in [7, 11) is 1.84. The topological polar surface area (TPSA) is 46.5 Å². The summed E-state index contributed by atoms with van der Waals surface area (Å²) in [4.78, 5) is 17.2. The molecule has 1 aromatic heterocycles. The average Bonchev–Trinajstić information content (AvgIpc) is 2.56. The summed E-state index contributed by atoms with van der Waals surface area (Å²) in [5, 5.41) is 3.86. The zero-order valence-corrected chi connectivity index (χ0v) is 12.7. The van der Waals surface area contributed by atoms with Gasteiger partial charge in [0.05, 0.1) is 7.05 Å². The number of aromatic nitrogens is 1. The molecule has 23 heavy (non-hydrogen) atoms. The van der Waals surface area contributed by atoms with E-state index >= 15 is 0 Å². The van der Waals surface area contributed by atoms with Crippen LogP contribution >= 0.6 is 0 Å². The first kappa shape index (κ1) is 15.0. The molecule has 0 aliphatic heterocycles. The van der Waals surface area contributed by atoms with Crippen LogP contribution in [0.5, 0.6) is 0 Å². The number of nitrogens with zero attached hydrogens (tertiary/aromatic N) is 1. The van der Waals surface area contributed by atoms with Gasteiger partial charge >= 0.3 is 0 Å². The summed E-state index contributed by atoms with van der Waals surface area (Å²) in [6, 6.07) is 17.6. The number of hydrogen-bond donors (Lipinski definition) is 1. The maximum atomic E-state index is 12.9. The number of aromatic amines is 1. The van der Waals surface area contributed by atoms with Gasteiger partial charge in [-0.1, -0.05) is 18.2 Å².